The Morgan fingerprint density at radius 2 is 2.16 bits per heavy atom. The molecule has 0 bridgehead atoms. The number of benzene rings is 1. The summed E-state index contributed by atoms with van der Waals surface area (Å²) in [5.74, 6) is 1.15. The molecule has 3 nitrogen and oxygen atoms in total. The van der Waals surface area contributed by atoms with Gasteiger partial charge in [0.15, 0.2) is 0 Å². The maximum absolute atomic E-state index is 4.76. The molecule has 0 saturated heterocycles. The number of thiophene rings is 1. The molecule has 0 aliphatic carbocycles. The van der Waals surface area contributed by atoms with Crippen LogP contribution < -0.4 is 5.32 Å². The van der Waals surface area contributed by atoms with E-state index >= 15 is 0 Å². The van der Waals surface area contributed by atoms with Crippen LogP contribution in [0.2, 0.25) is 0 Å². The molecule has 0 amide bonds. The number of hydrogen-bond acceptors (Lipinski definition) is 4. The van der Waals surface area contributed by atoms with Crippen molar-refractivity contribution in [3.63, 3.8) is 0 Å². The molecule has 1 N–H and O–H groups in total. The van der Waals surface area contributed by atoms with Crippen LogP contribution in [-0.2, 0) is 0 Å². The molecule has 1 aromatic heterocycles. The molecule has 2 aliphatic rings. The molecule has 0 spiro atoms. The number of fused-ring (bicyclic) bond motifs is 3. The topological polar surface area (TPSA) is 27.6 Å². The second-order valence-corrected chi connectivity index (χ2v) is 5.84. The van der Waals surface area contributed by atoms with E-state index in [9.17, 15) is 0 Å². The zero-order chi connectivity index (χ0) is 12.7. The van der Waals surface area contributed by atoms with E-state index in [4.69, 9.17) is 4.99 Å². The molecule has 0 fully saturated rings. The van der Waals surface area contributed by atoms with Crippen molar-refractivity contribution >= 4 is 22.9 Å². The van der Waals surface area contributed by atoms with Gasteiger partial charge < -0.3 is 10.2 Å². The van der Waals surface area contributed by atoms with Crippen LogP contribution in [0.25, 0.3) is 0 Å². The highest BCUT2D eigenvalue weighted by molar-refractivity contribution is 7.10. The first-order valence-electron chi connectivity index (χ1n) is 6.64. The SMILES string of the molecule is c1csc([C@@H]2Nc3ccccc3C3=NCCCN32)c1. The quantitative estimate of drug-likeness (QED) is 0.860. The normalized spacial score (nSPS) is 21.2. The molecule has 1 aromatic carbocycles. The van der Waals surface area contributed by atoms with Crippen LogP contribution in [0.5, 0.6) is 0 Å². The van der Waals surface area contributed by atoms with Crippen LogP contribution in [0, 0.1) is 0 Å². The molecule has 2 aromatic rings. The number of rotatable bonds is 1. The van der Waals surface area contributed by atoms with Crippen LogP contribution in [0.15, 0.2) is 46.8 Å². The molecule has 96 valence electrons. The van der Waals surface area contributed by atoms with E-state index in [0.717, 1.165) is 25.3 Å². The molecular weight excluding hydrogens is 254 g/mol. The van der Waals surface area contributed by atoms with Crippen molar-refractivity contribution in [3.05, 3.63) is 52.2 Å². The molecule has 4 rings (SSSR count). The van der Waals surface area contributed by atoms with Crippen molar-refractivity contribution < 1.29 is 0 Å². The fraction of sp³-hybridized carbons (Fsp3) is 0.267. The number of aliphatic imine (C=N–C) groups is 1. The van der Waals surface area contributed by atoms with E-state index in [1.165, 1.54) is 16.1 Å². The molecule has 1 atom stereocenters. The first-order valence-corrected chi connectivity index (χ1v) is 7.52. The zero-order valence-electron chi connectivity index (χ0n) is 10.5. The molecule has 3 heterocycles. The molecule has 4 heteroatoms. The lowest BCUT2D eigenvalue weighted by molar-refractivity contribution is 0.326. The lowest BCUT2D eigenvalue weighted by atomic mass is 10.0. The van der Waals surface area contributed by atoms with Gasteiger partial charge in [-0.2, -0.15) is 0 Å². The van der Waals surface area contributed by atoms with E-state index in [1.54, 1.807) is 11.3 Å². The largest absolute Gasteiger partial charge is 0.360 e. The molecule has 0 radical (unpaired) electrons. The first kappa shape index (κ1) is 11.1. The van der Waals surface area contributed by atoms with Gasteiger partial charge in [0, 0.05) is 29.2 Å². The van der Waals surface area contributed by atoms with Crippen LogP contribution in [0.3, 0.4) is 0 Å². The Hall–Kier alpha value is -1.81. The third-order valence-electron chi connectivity index (χ3n) is 3.68. The summed E-state index contributed by atoms with van der Waals surface area (Å²) in [4.78, 5) is 8.51. The van der Waals surface area contributed by atoms with Crippen LogP contribution in [-0.4, -0.2) is 23.8 Å². The fourth-order valence-corrected chi connectivity index (χ4v) is 3.60. The highest BCUT2D eigenvalue weighted by atomic mass is 32.1. The molecule has 19 heavy (non-hydrogen) atoms. The standard InChI is InChI=1S/C15H15N3S/c1-2-6-12-11(5-1)14-16-8-4-9-18(14)15(17-12)13-7-3-10-19-13/h1-3,5-7,10,15,17H,4,8-9H2/t15-/m1/s1. The number of amidine groups is 1. The first-order chi connectivity index (χ1) is 9.43. The van der Waals surface area contributed by atoms with Gasteiger partial charge in [-0.1, -0.05) is 18.2 Å². The summed E-state index contributed by atoms with van der Waals surface area (Å²) in [5.41, 5.74) is 2.42. The van der Waals surface area contributed by atoms with Crippen molar-refractivity contribution in [2.24, 2.45) is 4.99 Å². The Bertz CT molecular complexity index is 618. The minimum atomic E-state index is 0.231. The van der Waals surface area contributed by atoms with Gasteiger partial charge in [-0.05, 0) is 30.0 Å². The van der Waals surface area contributed by atoms with Gasteiger partial charge >= 0.3 is 0 Å². The minimum Gasteiger partial charge on any atom is -0.360 e. The van der Waals surface area contributed by atoms with E-state index < -0.39 is 0 Å². The number of nitrogens with one attached hydrogen (secondary N) is 1. The van der Waals surface area contributed by atoms with Gasteiger partial charge in [0.05, 0.1) is 0 Å². The van der Waals surface area contributed by atoms with Gasteiger partial charge in [0.1, 0.15) is 12.0 Å². The number of anilines is 1. The average Bonchev–Trinajstić information content (AvgIpc) is 3.00. The van der Waals surface area contributed by atoms with Gasteiger partial charge in [-0.25, -0.2) is 0 Å². The maximum atomic E-state index is 4.76. The van der Waals surface area contributed by atoms with Crippen LogP contribution in [0.4, 0.5) is 5.69 Å². The summed E-state index contributed by atoms with van der Waals surface area (Å²) in [5, 5.41) is 5.79. The molecule has 2 aliphatic heterocycles. The summed E-state index contributed by atoms with van der Waals surface area (Å²) >= 11 is 1.80. The third kappa shape index (κ3) is 1.75. The summed E-state index contributed by atoms with van der Waals surface area (Å²) in [6.45, 7) is 2.01. The fourth-order valence-electron chi connectivity index (χ4n) is 2.81. The van der Waals surface area contributed by atoms with E-state index in [1.807, 2.05) is 0 Å². The maximum Gasteiger partial charge on any atom is 0.136 e. The third-order valence-corrected chi connectivity index (χ3v) is 4.60. The summed E-state index contributed by atoms with van der Waals surface area (Å²) in [6.07, 6.45) is 1.36. The smallest absolute Gasteiger partial charge is 0.136 e. The molecular formula is C15H15N3S. The average molecular weight is 269 g/mol. The van der Waals surface area contributed by atoms with Gasteiger partial charge in [-0.3, -0.25) is 4.99 Å². The van der Waals surface area contributed by atoms with Crippen LogP contribution >= 0.6 is 11.3 Å². The summed E-state index contributed by atoms with van der Waals surface area (Å²) in [7, 11) is 0. The molecule has 0 unspecified atom stereocenters. The predicted octanol–water partition coefficient (Wildman–Crippen LogP) is 3.32. The number of nitrogens with zero attached hydrogens (tertiary/aromatic N) is 2. The second-order valence-electron chi connectivity index (χ2n) is 4.86. The number of hydrogen-bond donors (Lipinski definition) is 1. The Kier molecular flexibility index (Phi) is 2.55. The summed E-state index contributed by atoms with van der Waals surface area (Å²) in [6, 6.07) is 12.8. The van der Waals surface area contributed by atoms with Crippen molar-refractivity contribution in [1.29, 1.82) is 0 Å². The van der Waals surface area contributed by atoms with E-state index in [0.29, 0.717) is 0 Å². The van der Waals surface area contributed by atoms with Gasteiger partial charge in [0.2, 0.25) is 0 Å². The highest BCUT2D eigenvalue weighted by Gasteiger charge is 2.32. The Balaban J connectivity index is 1.85. The van der Waals surface area contributed by atoms with E-state index in [2.05, 4.69) is 52.0 Å². The Morgan fingerprint density at radius 3 is 3.05 bits per heavy atom. The predicted molar refractivity (Wildman–Crippen MR) is 79.9 cm³/mol. The van der Waals surface area contributed by atoms with Gasteiger partial charge in [0.25, 0.3) is 0 Å². The van der Waals surface area contributed by atoms with Crippen LogP contribution in [0.1, 0.15) is 23.0 Å². The highest BCUT2D eigenvalue weighted by Crippen LogP contribution is 2.36. The number of para-hydroxylation sites is 1. The monoisotopic (exact) mass is 269 g/mol. The lowest BCUT2D eigenvalue weighted by Crippen LogP contribution is -2.45. The van der Waals surface area contributed by atoms with Crippen molar-refractivity contribution in [2.45, 2.75) is 12.6 Å². The van der Waals surface area contributed by atoms with E-state index in [-0.39, 0.29) is 6.17 Å². The Morgan fingerprint density at radius 1 is 1.21 bits per heavy atom. The summed E-state index contributed by atoms with van der Waals surface area (Å²) < 4.78 is 0. The zero-order valence-corrected chi connectivity index (χ0v) is 11.4. The van der Waals surface area contributed by atoms with Crippen molar-refractivity contribution in [3.8, 4) is 0 Å². The Labute approximate surface area is 116 Å². The minimum absolute atomic E-state index is 0.231. The van der Waals surface area contributed by atoms with Gasteiger partial charge in [-0.15, -0.1) is 11.3 Å². The molecule has 0 saturated carbocycles. The second kappa shape index (κ2) is 4.38. The lowest BCUT2D eigenvalue weighted by Gasteiger charge is -2.41. The van der Waals surface area contributed by atoms with Crippen molar-refractivity contribution in [1.82, 2.24) is 4.90 Å². The van der Waals surface area contributed by atoms with Crippen molar-refractivity contribution in [2.75, 3.05) is 18.4 Å².